The molecular weight excluding hydrogens is 315 g/mol. The first kappa shape index (κ1) is 14.8. The molecule has 0 saturated carbocycles. The van der Waals surface area contributed by atoms with Gasteiger partial charge < -0.3 is 9.84 Å². The average molecular weight is 325 g/mol. The quantitative estimate of drug-likeness (QED) is 0.760. The lowest BCUT2D eigenvalue weighted by Gasteiger charge is -2.14. The number of nitrogens with zero attached hydrogens (tertiary/aromatic N) is 1. The summed E-state index contributed by atoms with van der Waals surface area (Å²) in [5, 5.41) is 9.56. The van der Waals surface area contributed by atoms with Crippen molar-refractivity contribution in [2.45, 2.75) is 12.3 Å². The normalized spacial score (nSPS) is 13.3. The number of thiazole rings is 1. The number of alkyl halides is 3. The number of ether oxygens (including phenoxy) is 1. The molecule has 2 aromatic carbocycles. The maximum absolute atomic E-state index is 12.4. The molecule has 0 amide bonds. The van der Waals surface area contributed by atoms with E-state index < -0.39 is 12.3 Å². The summed E-state index contributed by atoms with van der Waals surface area (Å²) >= 11 is 1.34. The van der Waals surface area contributed by atoms with Crippen LogP contribution in [-0.2, 0) is 0 Å². The minimum Gasteiger partial charge on any atom is -0.431 e. The van der Waals surface area contributed by atoms with Crippen LogP contribution in [0.5, 0.6) is 10.9 Å². The van der Waals surface area contributed by atoms with Crippen LogP contribution in [0.1, 0.15) is 11.7 Å². The summed E-state index contributed by atoms with van der Waals surface area (Å²) in [5.41, 5.74) is 0.566. The molecular formula is C15H10F3NO2S. The van der Waals surface area contributed by atoms with E-state index in [-0.39, 0.29) is 5.56 Å². The number of para-hydroxylation sites is 1. The zero-order chi connectivity index (χ0) is 15.7. The van der Waals surface area contributed by atoms with Gasteiger partial charge in [0, 0.05) is 0 Å². The monoisotopic (exact) mass is 325 g/mol. The van der Waals surface area contributed by atoms with E-state index in [1.54, 1.807) is 0 Å². The highest BCUT2D eigenvalue weighted by Crippen LogP contribution is 2.34. The van der Waals surface area contributed by atoms with E-state index in [0.29, 0.717) is 10.9 Å². The van der Waals surface area contributed by atoms with Crippen LogP contribution < -0.4 is 4.74 Å². The molecule has 0 saturated heterocycles. The fraction of sp³-hybridized carbons (Fsp3) is 0.133. The number of fused-ring (bicyclic) bond motifs is 1. The van der Waals surface area contributed by atoms with Gasteiger partial charge in [-0.05, 0) is 29.8 Å². The zero-order valence-corrected chi connectivity index (χ0v) is 11.9. The maximum atomic E-state index is 12.4. The molecule has 1 aromatic heterocycles. The second kappa shape index (κ2) is 5.58. The number of hydrogen-bond donors (Lipinski definition) is 1. The Morgan fingerprint density at radius 1 is 1.05 bits per heavy atom. The van der Waals surface area contributed by atoms with Gasteiger partial charge in [0.15, 0.2) is 6.10 Å². The van der Waals surface area contributed by atoms with Gasteiger partial charge in [0.1, 0.15) is 5.75 Å². The highest BCUT2D eigenvalue weighted by Gasteiger charge is 2.39. The van der Waals surface area contributed by atoms with Crippen molar-refractivity contribution in [3.8, 4) is 10.9 Å². The van der Waals surface area contributed by atoms with Crippen molar-refractivity contribution in [1.29, 1.82) is 0 Å². The summed E-state index contributed by atoms with van der Waals surface area (Å²) in [7, 11) is 0. The van der Waals surface area contributed by atoms with Crippen LogP contribution in [0.25, 0.3) is 10.2 Å². The van der Waals surface area contributed by atoms with Gasteiger partial charge in [0.25, 0.3) is 5.19 Å². The second-order valence-electron chi connectivity index (χ2n) is 4.56. The molecule has 22 heavy (non-hydrogen) atoms. The fourth-order valence-electron chi connectivity index (χ4n) is 1.90. The van der Waals surface area contributed by atoms with E-state index in [0.717, 1.165) is 10.2 Å². The van der Waals surface area contributed by atoms with E-state index in [1.165, 1.54) is 35.6 Å². The van der Waals surface area contributed by atoms with Crippen molar-refractivity contribution in [3.63, 3.8) is 0 Å². The minimum absolute atomic E-state index is 0.232. The summed E-state index contributed by atoms with van der Waals surface area (Å²) in [4.78, 5) is 4.27. The van der Waals surface area contributed by atoms with E-state index >= 15 is 0 Å². The van der Waals surface area contributed by atoms with Gasteiger partial charge in [-0.1, -0.05) is 35.6 Å². The smallest absolute Gasteiger partial charge is 0.418 e. The molecule has 1 unspecified atom stereocenters. The van der Waals surface area contributed by atoms with Gasteiger partial charge in [0.05, 0.1) is 10.2 Å². The van der Waals surface area contributed by atoms with E-state index in [4.69, 9.17) is 9.84 Å². The highest BCUT2D eigenvalue weighted by molar-refractivity contribution is 7.20. The highest BCUT2D eigenvalue weighted by atomic mass is 32.1. The first-order chi connectivity index (χ1) is 10.4. The Morgan fingerprint density at radius 3 is 2.36 bits per heavy atom. The number of benzene rings is 2. The first-order valence-electron chi connectivity index (χ1n) is 6.31. The molecule has 0 aliphatic heterocycles. The van der Waals surface area contributed by atoms with Gasteiger partial charge in [-0.25, -0.2) is 4.98 Å². The van der Waals surface area contributed by atoms with Crippen LogP contribution >= 0.6 is 11.3 Å². The Hall–Kier alpha value is -2.12. The third-order valence-electron chi connectivity index (χ3n) is 2.99. The Kier molecular flexibility index (Phi) is 3.76. The molecule has 3 nitrogen and oxygen atoms in total. The molecule has 0 radical (unpaired) electrons. The average Bonchev–Trinajstić information content (AvgIpc) is 2.88. The molecule has 1 heterocycles. The Labute approximate surface area is 127 Å². The van der Waals surface area contributed by atoms with Crippen LogP contribution in [0.4, 0.5) is 13.2 Å². The van der Waals surface area contributed by atoms with Crippen LogP contribution in [0, 0.1) is 0 Å². The Bertz CT molecular complexity index is 750. The molecule has 0 aliphatic rings. The fourth-order valence-corrected chi connectivity index (χ4v) is 2.74. The zero-order valence-electron chi connectivity index (χ0n) is 11.0. The van der Waals surface area contributed by atoms with Gasteiger partial charge in [0.2, 0.25) is 0 Å². The standard InChI is InChI=1S/C15H10F3NO2S/c16-15(17,18)13(20)9-5-7-10(8-6-9)21-14-19-11-3-1-2-4-12(11)22-14/h1-8,13,20H. The van der Waals surface area contributed by atoms with Gasteiger partial charge in [-0.2, -0.15) is 13.2 Å². The number of aliphatic hydroxyl groups excluding tert-OH is 1. The molecule has 1 atom stereocenters. The molecule has 114 valence electrons. The van der Waals surface area contributed by atoms with Gasteiger partial charge >= 0.3 is 6.18 Å². The number of aliphatic hydroxyl groups is 1. The van der Waals surface area contributed by atoms with Crippen LogP contribution in [0.3, 0.4) is 0 Å². The molecule has 0 fully saturated rings. The number of aromatic nitrogens is 1. The SMILES string of the molecule is OC(c1ccc(Oc2nc3ccccc3s2)cc1)C(F)(F)F. The summed E-state index contributed by atoms with van der Waals surface area (Å²) in [6.45, 7) is 0. The van der Waals surface area contributed by atoms with Crippen LogP contribution in [-0.4, -0.2) is 16.3 Å². The summed E-state index contributed by atoms with van der Waals surface area (Å²) in [6.07, 6.45) is -7.18. The van der Waals surface area contributed by atoms with Crippen molar-refractivity contribution in [3.05, 3.63) is 54.1 Å². The molecule has 0 spiro atoms. The first-order valence-corrected chi connectivity index (χ1v) is 7.13. The predicted octanol–water partition coefficient (Wildman–Crippen LogP) is 4.68. The third-order valence-corrected chi connectivity index (χ3v) is 3.90. The number of hydrogen-bond acceptors (Lipinski definition) is 4. The van der Waals surface area contributed by atoms with Crippen molar-refractivity contribution >= 4 is 21.6 Å². The van der Waals surface area contributed by atoms with Crippen molar-refractivity contribution in [2.75, 3.05) is 0 Å². The predicted molar refractivity (Wildman–Crippen MR) is 77.2 cm³/mol. The Morgan fingerprint density at radius 2 is 1.73 bits per heavy atom. The summed E-state index contributed by atoms with van der Waals surface area (Å²) < 4.78 is 43.7. The van der Waals surface area contributed by atoms with E-state index in [1.807, 2.05) is 24.3 Å². The number of halogens is 3. The molecule has 3 rings (SSSR count). The lowest BCUT2D eigenvalue weighted by Crippen LogP contribution is -2.19. The molecule has 0 aliphatic carbocycles. The Balaban J connectivity index is 1.78. The van der Waals surface area contributed by atoms with E-state index in [2.05, 4.69) is 4.98 Å². The number of rotatable bonds is 3. The molecule has 7 heteroatoms. The molecule has 0 bridgehead atoms. The van der Waals surface area contributed by atoms with Crippen molar-refractivity contribution < 1.29 is 23.0 Å². The largest absolute Gasteiger partial charge is 0.431 e. The lowest BCUT2D eigenvalue weighted by molar-refractivity contribution is -0.206. The lowest BCUT2D eigenvalue weighted by atomic mass is 10.1. The summed E-state index contributed by atoms with van der Waals surface area (Å²) in [6, 6.07) is 12.6. The van der Waals surface area contributed by atoms with Gasteiger partial charge in [-0.15, -0.1) is 0 Å². The summed E-state index contributed by atoms with van der Waals surface area (Å²) in [5.74, 6) is 0.359. The third kappa shape index (κ3) is 3.05. The minimum atomic E-state index is -4.69. The maximum Gasteiger partial charge on any atom is 0.418 e. The van der Waals surface area contributed by atoms with Crippen molar-refractivity contribution in [1.82, 2.24) is 4.98 Å². The second-order valence-corrected chi connectivity index (χ2v) is 5.56. The van der Waals surface area contributed by atoms with Crippen LogP contribution in [0.2, 0.25) is 0 Å². The van der Waals surface area contributed by atoms with E-state index in [9.17, 15) is 13.2 Å². The van der Waals surface area contributed by atoms with Crippen LogP contribution in [0.15, 0.2) is 48.5 Å². The molecule has 3 aromatic rings. The topological polar surface area (TPSA) is 42.4 Å². The molecule has 1 N–H and O–H groups in total. The van der Waals surface area contributed by atoms with Gasteiger partial charge in [-0.3, -0.25) is 0 Å². The van der Waals surface area contributed by atoms with Crippen molar-refractivity contribution in [2.24, 2.45) is 0 Å².